The van der Waals surface area contributed by atoms with Gasteiger partial charge >= 0.3 is 5.97 Å². The first kappa shape index (κ1) is 12.4. The van der Waals surface area contributed by atoms with Gasteiger partial charge in [0.15, 0.2) is 11.6 Å². The molecule has 0 unspecified atom stereocenters. The minimum atomic E-state index is -0.880. The van der Waals surface area contributed by atoms with Crippen LogP contribution in [0.5, 0.6) is 5.75 Å². The molecule has 0 bridgehead atoms. The molecular weight excluding hydrogens is 217 g/mol. The van der Waals surface area contributed by atoms with Crippen molar-refractivity contribution in [2.45, 2.75) is 6.42 Å². The van der Waals surface area contributed by atoms with Gasteiger partial charge in [-0.1, -0.05) is 0 Å². The average molecular weight is 229 g/mol. The second kappa shape index (κ2) is 5.43. The van der Waals surface area contributed by atoms with Crippen LogP contribution in [0.25, 0.3) is 0 Å². The Bertz CT molecular complexity index is 395. The van der Waals surface area contributed by atoms with Gasteiger partial charge < -0.3 is 14.7 Å². The molecule has 0 saturated carbocycles. The van der Waals surface area contributed by atoms with E-state index in [1.807, 2.05) is 0 Å². The lowest BCUT2D eigenvalue weighted by Gasteiger charge is -2.07. The van der Waals surface area contributed by atoms with Gasteiger partial charge in [-0.15, -0.1) is 0 Å². The van der Waals surface area contributed by atoms with Crippen LogP contribution in [0, 0.1) is 5.82 Å². The van der Waals surface area contributed by atoms with E-state index in [0.29, 0.717) is 12.0 Å². The fraction of sp³-hybridized carbons (Fsp3) is 0.300. The van der Waals surface area contributed by atoms with Crippen molar-refractivity contribution in [1.29, 1.82) is 0 Å². The summed E-state index contributed by atoms with van der Waals surface area (Å²) in [4.78, 5) is 15.5. The highest BCUT2D eigenvalue weighted by atomic mass is 19.1. The molecule has 1 aromatic carbocycles. The summed E-state index contributed by atoms with van der Waals surface area (Å²) in [5, 5.41) is 9.32. The molecule has 0 fully saturated rings. The first-order chi connectivity index (χ1) is 7.60. The molecule has 16 heavy (non-hydrogen) atoms. The molecule has 0 radical (unpaired) electrons. The predicted octanol–water partition coefficient (Wildman–Crippen LogP) is 0.751. The van der Waals surface area contributed by atoms with E-state index < -0.39 is 17.5 Å². The van der Waals surface area contributed by atoms with Crippen molar-refractivity contribution >= 4 is 5.97 Å². The van der Waals surface area contributed by atoms with Crippen molar-refractivity contribution in [2.75, 3.05) is 13.7 Å². The first-order valence-corrected chi connectivity index (χ1v) is 4.51. The van der Waals surface area contributed by atoms with E-state index in [-0.39, 0.29) is 12.2 Å². The summed E-state index contributed by atoms with van der Waals surface area (Å²) in [5.41, 5.74) is 0.274. The number of benzene rings is 1. The second-order valence-electron chi connectivity index (χ2n) is 3.09. The number of carbonyl (C=O) groups excluding carboxylic acids is 1. The third-order valence-electron chi connectivity index (χ3n) is 2.04. The van der Waals surface area contributed by atoms with Crippen LogP contribution in [-0.2, 0) is 16.0 Å². The number of esters is 1. The van der Waals surface area contributed by atoms with Gasteiger partial charge in [0.05, 0.1) is 13.7 Å². The molecule has 6 heteroatoms. The second-order valence-corrected chi connectivity index (χ2v) is 3.09. The van der Waals surface area contributed by atoms with Crippen LogP contribution in [0.2, 0.25) is 0 Å². The van der Waals surface area contributed by atoms with Gasteiger partial charge in [-0.3, -0.25) is 0 Å². The van der Waals surface area contributed by atoms with E-state index in [1.54, 1.807) is 0 Å². The van der Waals surface area contributed by atoms with E-state index in [2.05, 4.69) is 9.57 Å². The standard InChI is InChI=1S/C10H12FNO4/c1-15-10(14)7-4-6(2-3-16-12)5-8(11)9(7)13/h4-5,13H,2-3,12H2,1H3. The van der Waals surface area contributed by atoms with Crippen molar-refractivity contribution in [3.05, 3.63) is 29.1 Å². The molecule has 3 N–H and O–H groups in total. The minimum Gasteiger partial charge on any atom is -0.504 e. The fourth-order valence-electron chi connectivity index (χ4n) is 1.24. The Labute approximate surface area is 91.5 Å². The molecule has 0 heterocycles. The maximum absolute atomic E-state index is 13.2. The van der Waals surface area contributed by atoms with Gasteiger partial charge in [0, 0.05) is 0 Å². The van der Waals surface area contributed by atoms with Crippen LogP contribution in [-0.4, -0.2) is 24.8 Å². The maximum Gasteiger partial charge on any atom is 0.341 e. The average Bonchev–Trinajstić information content (AvgIpc) is 2.29. The highest BCUT2D eigenvalue weighted by molar-refractivity contribution is 5.92. The summed E-state index contributed by atoms with van der Waals surface area (Å²) in [6.45, 7) is 0.185. The minimum absolute atomic E-state index is 0.185. The molecule has 1 aromatic rings. The van der Waals surface area contributed by atoms with Crippen LogP contribution < -0.4 is 5.90 Å². The number of phenols is 1. The molecule has 5 nitrogen and oxygen atoms in total. The predicted molar refractivity (Wildman–Crippen MR) is 53.2 cm³/mol. The number of hydrogen-bond donors (Lipinski definition) is 2. The van der Waals surface area contributed by atoms with E-state index in [0.717, 1.165) is 13.2 Å². The van der Waals surface area contributed by atoms with Crippen LogP contribution >= 0.6 is 0 Å². The summed E-state index contributed by atoms with van der Waals surface area (Å²) in [6.07, 6.45) is 0.331. The fourth-order valence-corrected chi connectivity index (χ4v) is 1.24. The lowest BCUT2D eigenvalue weighted by molar-refractivity contribution is 0.0596. The van der Waals surface area contributed by atoms with E-state index >= 15 is 0 Å². The van der Waals surface area contributed by atoms with E-state index in [1.165, 1.54) is 6.07 Å². The van der Waals surface area contributed by atoms with E-state index in [4.69, 9.17) is 5.90 Å². The lowest BCUT2D eigenvalue weighted by Crippen LogP contribution is -2.07. The zero-order valence-electron chi connectivity index (χ0n) is 8.70. The van der Waals surface area contributed by atoms with Gasteiger partial charge in [-0.25, -0.2) is 15.1 Å². The van der Waals surface area contributed by atoms with Gasteiger partial charge in [0.25, 0.3) is 0 Å². The number of rotatable bonds is 4. The highest BCUT2D eigenvalue weighted by Crippen LogP contribution is 2.24. The monoisotopic (exact) mass is 229 g/mol. The molecule has 0 aromatic heterocycles. The summed E-state index contributed by atoms with van der Waals surface area (Å²) in [7, 11) is 1.15. The number of nitrogens with two attached hydrogens (primary N) is 1. The molecule has 0 aliphatic heterocycles. The van der Waals surface area contributed by atoms with Crippen LogP contribution in [0.4, 0.5) is 4.39 Å². The Morgan fingerprint density at radius 1 is 1.56 bits per heavy atom. The van der Waals surface area contributed by atoms with E-state index in [9.17, 15) is 14.3 Å². The molecule has 88 valence electrons. The zero-order chi connectivity index (χ0) is 12.1. The lowest BCUT2D eigenvalue weighted by atomic mass is 10.1. The van der Waals surface area contributed by atoms with Gasteiger partial charge in [-0.2, -0.15) is 0 Å². The molecule has 0 aliphatic carbocycles. The molecule has 0 amide bonds. The molecule has 0 spiro atoms. The summed E-state index contributed by atoms with van der Waals surface area (Å²) in [6, 6.07) is 2.45. The van der Waals surface area contributed by atoms with Gasteiger partial charge in [0.2, 0.25) is 0 Å². The molecule has 1 rings (SSSR count). The van der Waals surface area contributed by atoms with Crippen LogP contribution in [0.3, 0.4) is 0 Å². The number of hydrogen-bond acceptors (Lipinski definition) is 5. The maximum atomic E-state index is 13.2. The zero-order valence-corrected chi connectivity index (χ0v) is 8.70. The largest absolute Gasteiger partial charge is 0.504 e. The van der Waals surface area contributed by atoms with Crippen molar-refractivity contribution in [2.24, 2.45) is 5.90 Å². The van der Waals surface area contributed by atoms with Gasteiger partial charge in [0.1, 0.15) is 5.56 Å². The van der Waals surface area contributed by atoms with Crippen molar-refractivity contribution in [3.63, 3.8) is 0 Å². The quantitative estimate of drug-likeness (QED) is 0.588. The number of phenolic OH excluding ortho intramolecular Hbond substituents is 1. The third-order valence-corrected chi connectivity index (χ3v) is 2.04. The number of aromatic hydroxyl groups is 1. The molecule has 0 aliphatic rings. The number of methoxy groups -OCH3 is 1. The Kier molecular flexibility index (Phi) is 4.21. The van der Waals surface area contributed by atoms with Crippen LogP contribution in [0.15, 0.2) is 12.1 Å². The summed E-state index contributed by atoms with van der Waals surface area (Å²) in [5.74, 6) is 2.44. The Hall–Kier alpha value is -1.66. The normalized spacial score (nSPS) is 10.2. The Morgan fingerprint density at radius 2 is 2.25 bits per heavy atom. The first-order valence-electron chi connectivity index (χ1n) is 4.51. The molecule has 0 saturated heterocycles. The summed E-state index contributed by atoms with van der Waals surface area (Å²) < 4.78 is 17.6. The smallest absolute Gasteiger partial charge is 0.341 e. The topological polar surface area (TPSA) is 81.8 Å². The number of ether oxygens (including phenoxy) is 1. The number of halogens is 1. The SMILES string of the molecule is COC(=O)c1cc(CCON)cc(F)c1O. The highest BCUT2D eigenvalue weighted by Gasteiger charge is 2.16. The molecule has 0 atom stereocenters. The molecular formula is C10H12FNO4. The van der Waals surface area contributed by atoms with Gasteiger partial charge in [-0.05, 0) is 24.1 Å². The summed E-state index contributed by atoms with van der Waals surface area (Å²) >= 11 is 0. The van der Waals surface area contributed by atoms with Crippen molar-refractivity contribution in [1.82, 2.24) is 0 Å². The van der Waals surface area contributed by atoms with Crippen molar-refractivity contribution in [3.8, 4) is 5.75 Å². The number of carbonyl (C=O) groups is 1. The van der Waals surface area contributed by atoms with Crippen LogP contribution in [0.1, 0.15) is 15.9 Å². The Morgan fingerprint density at radius 3 is 2.81 bits per heavy atom. The third kappa shape index (κ3) is 2.68. The van der Waals surface area contributed by atoms with Crippen molar-refractivity contribution < 1.29 is 23.9 Å². The Balaban J connectivity index is 3.06.